The zero-order chi connectivity index (χ0) is 11.5. The Morgan fingerprint density at radius 2 is 1.94 bits per heavy atom. The quantitative estimate of drug-likeness (QED) is 0.825. The summed E-state index contributed by atoms with van der Waals surface area (Å²) < 4.78 is 0. The molecule has 0 amide bonds. The standard InChI is InChI=1S/C14H22N2/c1-11-8-12(2)16(10-14(11)15)9-13-6-4-3-5-7-13/h3-7,11-12,14H,8-10,15H2,1-2H3/t11-,12-,14+/m1/s1. The molecule has 0 bridgehead atoms. The van der Waals surface area contributed by atoms with Crippen molar-refractivity contribution in [2.75, 3.05) is 6.54 Å². The van der Waals surface area contributed by atoms with E-state index in [0.29, 0.717) is 18.0 Å². The van der Waals surface area contributed by atoms with Crippen molar-refractivity contribution >= 4 is 0 Å². The summed E-state index contributed by atoms with van der Waals surface area (Å²) in [4.78, 5) is 2.50. The fourth-order valence-corrected chi connectivity index (χ4v) is 2.53. The van der Waals surface area contributed by atoms with Crippen LogP contribution in [0, 0.1) is 5.92 Å². The topological polar surface area (TPSA) is 29.3 Å². The third-order valence-electron chi connectivity index (χ3n) is 3.74. The van der Waals surface area contributed by atoms with Crippen LogP contribution in [-0.2, 0) is 6.54 Å². The number of benzene rings is 1. The van der Waals surface area contributed by atoms with Crippen molar-refractivity contribution in [1.29, 1.82) is 0 Å². The minimum Gasteiger partial charge on any atom is -0.326 e. The zero-order valence-electron chi connectivity index (χ0n) is 10.3. The molecule has 0 aromatic heterocycles. The number of nitrogens with two attached hydrogens (primary N) is 1. The molecule has 1 saturated heterocycles. The molecule has 1 aliphatic heterocycles. The van der Waals surface area contributed by atoms with Crippen LogP contribution in [0.4, 0.5) is 0 Å². The monoisotopic (exact) mass is 218 g/mol. The van der Waals surface area contributed by atoms with Crippen molar-refractivity contribution in [3.8, 4) is 0 Å². The molecule has 0 unspecified atom stereocenters. The molecule has 1 aliphatic rings. The lowest BCUT2D eigenvalue weighted by molar-refractivity contribution is 0.104. The van der Waals surface area contributed by atoms with Crippen LogP contribution in [0.2, 0.25) is 0 Å². The smallest absolute Gasteiger partial charge is 0.0237 e. The highest BCUT2D eigenvalue weighted by molar-refractivity contribution is 5.14. The number of rotatable bonds is 2. The van der Waals surface area contributed by atoms with E-state index in [9.17, 15) is 0 Å². The highest BCUT2D eigenvalue weighted by atomic mass is 15.2. The largest absolute Gasteiger partial charge is 0.326 e. The van der Waals surface area contributed by atoms with Crippen molar-refractivity contribution in [1.82, 2.24) is 4.90 Å². The number of hydrogen-bond donors (Lipinski definition) is 1. The molecule has 1 heterocycles. The molecule has 2 N–H and O–H groups in total. The first-order valence-corrected chi connectivity index (χ1v) is 6.20. The van der Waals surface area contributed by atoms with E-state index >= 15 is 0 Å². The Morgan fingerprint density at radius 1 is 1.25 bits per heavy atom. The second-order valence-corrected chi connectivity index (χ2v) is 5.14. The van der Waals surface area contributed by atoms with Gasteiger partial charge in [0.15, 0.2) is 0 Å². The Labute approximate surface area is 98.4 Å². The summed E-state index contributed by atoms with van der Waals surface area (Å²) in [6.07, 6.45) is 1.22. The first-order chi connectivity index (χ1) is 7.66. The molecule has 2 nitrogen and oxygen atoms in total. The fraction of sp³-hybridized carbons (Fsp3) is 0.571. The summed E-state index contributed by atoms with van der Waals surface area (Å²) in [5.74, 6) is 0.655. The number of hydrogen-bond acceptors (Lipinski definition) is 2. The van der Waals surface area contributed by atoms with E-state index in [0.717, 1.165) is 13.1 Å². The van der Waals surface area contributed by atoms with Crippen molar-refractivity contribution in [3.05, 3.63) is 35.9 Å². The summed E-state index contributed by atoms with van der Waals surface area (Å²) in [7, 11) is 0. The highest BCUT2D eigenvalue weighted by Gasteiger charge is 2.28. The molecule has 1 aromatic rings. The van der Waals surface area contributed by atoms with E-state index < -0.39 is 0 Å². The minimum absolute atomic E-state index is 0.333. The lowest BCUT2D eigenvalue weighted by atomic mass is 9.89. The van der Waals surface area contributed by atoms with Crippen molar-refractivity contribution in [2.24, 2.45) is 11.7 Å². The molecule has 2 heteroatoms. The number of piperidine rings is 1. The molecule has 2 rings (SSSR count). The molecule has 0 aliphatic carbocycles. The van der Waals surface area contributed by atoms with Gasteiger partial charge in [-0.3, -0.25) is 4.90 Å². The fourth-order valence-electron chi connectivity index (χ4n) is 2.53. The van der Waals surface area contributed by atoms with Crippen LogP contribution in [-0.4, -0.2) is 23.5 Å². The third kappa shape index (κ3) is 2.63. The summed E-state index contributed by atoms with van der Waals surface area (Å²) in [6.45, 7) is 6.63. The van der Waals surface area contributed by atoms with E-state index in [1.807, 2.05) is 0 Å². The van der Waals surface area contributed by atoms with Gasteiger partial charge in [-0.15, -0.1) is 0 Å². The number of likely N-dealkylation sites (tertiary alicyclic amines) is 1. The van der Waals surface area contributed by atoms with Crippen molar-refractivity contribution < 1.29 is 0 Å². The minimum atomic E-state index is 0.333. The molecule has 0 saturated carbocycles. The lowest BCUT2D eigenvalue weighted by Crippen LogP contribution is -2.51. The molecule has 88 valence electrons. The summed E-state index contributed by atoms with van der Waals surface area (Å²) in [5.41, 5.74) is 7.53. The van der Waals surface area contributed by atoms with Gasteiger partial charge >= 0.3 is 0 Å². The first kappa shape index (κ1) is 11.6. The molecular weight excluding hydrogens is 196 g/mol. The van der Waals surface area contributed by atoms with Crippen LogP contribution in [0.15, 0.2) is 30.3 Å². The predicted octanol–water partition coefficient (Wildman–Crippen LogP) is 2.24. The Balaban J connectivity index is 2.00. The van der Waals surface area contributed by atoms with Gasteiger partial charge in [0.05, 0.1) is 0 Å². The first-order valence-electron chi connectivity index (χ1n) is 6.20. The van der Waals surface area contributed by atoms with Crippen LogP contribution in [0.25, 0.3) is 0 Å². The second kappa shape index (κ2) is 4.98. The van der Waals surface area contributed by atoms with Gasteiger partial charge in [-0.2, -0.15) is 0 Å². The Kier molecular flexibility index (Phi) is 3.62. The van der Waals surface area contributed by atoms with Crippen molar-refractivity contribution in [3.63, 3.8) is 0 Å². The van der Waals surface area contributed by atoms with E-state index in [1.54, 1.807) is 0 Å². The Bertz CT molecular complexity index is 323. The van der Waals surface area contributed by atoms with E-state index in [2.05, 4.69) is 49.1 Å². The maximum atomic E-state index is 6.14. The van der Waals surface area contributed by atoms with Gasteiger partial charge in [0.2, 0.25) is 0 Å². The van der Waals surface area contributed by atoms with Gasteiger partial charge in [0.25, 0.3) is 0 Å². The maximum absolute atomic E-state index is 6.14. The van der Waals surface area contributed by atoms with Gasteiger partial charge in [0.1, 0.15) is 0 Å². The van der Waals surface area contributed by atoms with Gasteiger partial charge in [-0.1, -0.05) is 37.3 Å². The summed E-state index contributed by atoms with van der Waals surface area (Å²) in [5, 5.41) is 0. The van der Waals surface area contributed by atoms with Gasteiger partial charge in [-0.05, 0) is 24.8 Å². The number of nitrogens with zero attached hydrogens (tertiary/aromatic N) is 1. The normalized spacial score (nSPS) is 31.6. The summed E-state index contributed by atoms with van der Waals surface area (Å²) in [6, 6.07) is 11.6. The Morgan fingerprint density at radius 3 is 2.62 bits per heavy atom. The van der Waals surface area contributed by atoms with Gasteiger partial charge in [-0.25, -0.2) is 0 Å². The molecule has 1 aromatic carbocycles. The summed E-state index contributed by atoms with van der Waals surface area (Å²) >= 11 is 0. The third-order valence-corrected chi connectivity index (χ3v) is 3.74. The molecule has 0 radical (unpaired) electrons. The zero-order valence-corrected chi connectivity index (χ0v) is 10.3. The molecule has 0 spiro atoms. The second-order valence-electron chi connectivity index (χ2n) is 5.14. The van der Waals surface area contributed by atoms with Crippen molar-refractivity contribution in [2.45, 2.75) is 38.9 Å². The average molecular weight is 218 g/mol. The average Bonchev–Trinajstić information content (AvgIpc) is 2.27. The molecular formula is C14H22N2. The molecule has 3 atom stereocenters. The SMILES string of the molecule is C[C@@H]1C[C@@H](C)N(Cc2ccccc2)C[C@@H]1N. The van der Waals surface area contributed by atoms with E-state index in [1.165, 1.54) is 12.0 Å². The highest BCUT2D eigenvalue weighted by Crippen LogP contribution is 2.23. The van der Waals surface area contributed by atoms with Crippen LogP contribution >= 0.6 is 0 Å². The van der Waals surface area contributed by atoms with Crippen LogP contribution in [0.5, 0.6) is 0 Å². The molecule has 1 fully saturated rings. The molecule has 16 heavy (non-hydrogen) atoms. The Hall–Kier alpha value is -0.860. The van der Waals surface area contributed by atoms with Gasteiger partial charge in [0, 0.05) is 25.2 Å². The predicted molar refractivity (Wildman–Crippen MR) is 68.1 cm³/mol. The van der Waals surface area contributed by atoms with E-state index in [4.69, 9.17) is 5.73 Å². The van der Waals surface area contributed by atoms with Crippen LogP contribution in [0.3, 0.4) is 0 Å². The van der Waals surface area contributed by atoms with Crippen LogP contribution < -0.4 is 5.73 Å². The van der Waals surface area contributed by atoms with Gasteiger partial charge < -0.3 is 5.73 Å². The lowest BCUT2D eigenvalue weighted by Gasteiger charge is -2.40. The van der Waals surface area contributed by atoms with E-state index in [-0.39, 0.29) is 0 Å². The van der Waals surface area contributed by atoms with Crippen LogP contribution in [0.1, 0.15) is 25.8 Å². The maximum Gasteiger partial charge on any atom is 0.0237 e.